The van der Waals surface area contributed by atoms with Crippen LogP contribution in [-0.2, 0) is 0 Å². The molecule has 0 radical (unpaired) electrons. The normalized spacial score (nSPS) is 14.3. The van der Waals surface area contributed by atoms with Crippen molar-refractivity contribution in [3.8, 4) is 0 Å². The molecule has 102 valence electrons. The summed E-state index contributed by atoms with van der Waals surface area (Å²) in [5.41, 5.74) is 1.36. The maximum atomic E-state index is 3.76. The summed E-state index contributed by atoms with van der Waals surface area (Å²) in [6.07, 6.45) is 2.39. The highest BCUT2D eigenvalue weighted by atomic mass is 127. The Morgan fingerprint density at radius 3 is 2.53 bits per heavy atom. The smallest absolute Gasteiger partial charge is 0.0419 e. The Kier molecular flexibility index (Phi) is 5.85. The third kappa shape index (κ3) is 4.29. The topological polar surface area (TPSA) is 12.0 Å². The van der Waals surface area contributed by atoms with Gasteiger partial charge < -0.3 is 5.32 Å². The van der Waals surface area contributed by atoms with Gasteiger partial charge in [-0.15, -0.1) is 11.3 Å². The molecule has 0 aliphatic carbocycles. The van der Waals surface area contributed by atoms with Crippen LogP contribution in [0.15, 0.2) is 41.8 Å². The Morgan fingerprint density at radius 2 is 1.95 bits per heavy atom. The molecule has 3 heteroatoms. The molecular weight excluding hydrogens is 365 g/mol. The molecule has 1 heterocycles. The lowest BCUT2D eigenvalue weighted by Gasteiger charge is -2.22. The maximum absolute atomic E-state index is 3.76. The van der Waals surface area contributed by atoms with Gasteiger partial charge in [0.15, 0.2) is 0 Å². The Labute approximate surface area is 133 Å². The second kappa shape index (κ2) is 7.41. The van der Waals surface area contributed by atoms with E-state index >= 15 is 0 Å². The van der Waals surface area contributed by atoms with Crippen molar-refractivity contribution >= 4 is 33.9 Å². The lowest BCUT2D eigenvalue weighted by atomic mass is 10.0. The highest BCUT2D eigenvalue weighted by Crippen LogP contribution is 2.26. The molecule has 1 aromatic heterocycles. The lowest BCUT2D eigenvalue weighted by Crippen LogP contribution is -2.24. The van der Waals surface area contributed by atoms with Crippen molar-refractivity contribution in [3.63, 3.8) is 0 Å². The van der Waals surface area contributed by atoms with Gasteiger partial charge in [-0.2, -0.15) is 0 Å². The quantitative estimate of drug-likeness (QED) is 0.644. The van der Waals surface area contributed by atoms with Crippen molar-refractivity contribution in [2.45, 2.75) is 38.8 Å². The lowest BCUT2D eigenvalue weighted by molar-refractivity contribution is 0.445. The van der Waals surface area contributed by atoms with E-state index in [0.29, 0.717) is 12.1 Å². The van der Waals surface area contributed by atoms with Crippen LogP contribution in [0, 0.1) is 3.57 Å². The fraction of sp³-hybridized carbons (Fsp3) is 0.375. The van der Waals surface area contributed by atoms with Gasteiger partial charge in [0.2, 0.25) is 0 Å². The minimum atomic E-state index is 0.385. The van der Waals surface area contributed by atoms with Gasteiger partial charge in [0.25, 0.3) is 0 Å². The third-order valence-electron chi connectivity index (χ3n) is 3.29. The molecule has 1 nitrogen and oxygen atoms in total. The van der Waals surface area contributed by atoms with Gasteiger partial charge in [-0.05, 0) is 65.1 Å². The first kappa shape index (κ1) is 15.0. The van der Waals surface area contributed by atoms with Crippen LogP contribution in [0.4, 0.5) is 0 Å². The highest BCUT2D eigenvalue weighted by Gasteiger charge is 2.15. The van der Waals surface area contributed by atoms with Crippen molar-refractivity contribution in [2.24, 2.45) is 0 Å². The molecule has 1 aromatic carbocycles. The van der Waals surface area contributed by atoms with Crippen LogP contribution in [0.3, 0.4) is 0 Å². The fourth-order valence-electron chi connectivity index (χ4n) is 2.24. The molecule has 19 heavy (non-hydrogen) atoms. The van der Waals surface area contributed by atoms with E-state index in [0.717, 1.165) is 0 Å². The predicted octanol–water partition coefficient (Wildman–Crippen LogP) is 5.54. The van der Waals surface area contributed by atoms with Crippen LogP contribution in [-0.4, -0.2) is 0 Å². The summed E-state index contributed by atoms with van der Waals surface area (Å²) in [5, 5.41) is 5.93. The molecule has 2 aromatic rings. The molecule has 0 aliphatic rings. The predicted molar refractivity (Wildman–Crippen MR) is 92.7 cm³/mol. The average molecular weight is 385 g/mol. The molecule has 0 amide bonds. The molecular formula is C16H20INS. The summed E-state index contributed by atoms with van der Waals surface area (Å²) in [7, 11) is 0. The van der Waals surface area contributed by atoms with Crippen molar-refractivity contribution < 1.29 is 0 Å². The second-order valence-corrected chi connectivity index (χ2v) is 7.02. The zero-order chi connectivity index (χ0) is 13.7. The number of benzene rings is 1. The number of halogens is 1. The van der Waals surface area contributed by atoms with Crippen LogP contribution in [0.25, 0.3) is 0 Å². The molecule has 2 atom stereocenters. The summed E-state index contributed by atoms with van der Waals surface area (Å²) in [4.78, 5) is 1.44. The number of nitrogens with one attached hydrogen (secondary N) is 1. The van der Waals surface area contributed by atoms with Gasteiger partial charge >= 0.3 is 0 Å². The number of hydrogen-bond donors (Lipinski definition) is 1. The molecule has 1 N–H and O–H groups in total. The zero-order valence-electron chi connectivity index (χ0n) is 11.4. The molecule has 0 bridgehead atoms. The molecule has 0 saturated carbocycles. The Bertz CT molecular complexity index is 478. The molecule has 2 unspecified atom stereocenters. The first-order valence-corrected chi connectivity index (χ1v) is 8.71. The number of rotatable bonds is 6. The maximum Gasteiger partial charge on any atom is 0.0419 e. The van der Waals surface area contributed by atoms with Crippen molar-refractivity contribution in [3.05, 3.63) is 55.8 Å². The Hall–Kier alpha value is -0.390. The largest absolute Gasteiger partial charge is 0.303 e. The Morgan fingerprint density at radius 1 is 1.21 bits per heavy atom. The standard InChI is InChI=1S/C16H20INS/c1-3-5-15(16-6-4-11-19-16)18-12(2)13-7-9-14(17)10-8-13/h4,6-12,15,18H,3,5H2,1-2H3. The van der Waals surface area contributed by atoms with Gasteiger partial charge in [0.05, 0.1) is 0 Å². The van der Waals surface area contributed by atoms with Gasteiger partial charge in [0, 0.05) is 20.5 Å². The average Bonchev–Trinajstić information content (AvgIpc) is 2.92. The fourth-order valence-corrected chi connectivity index (χ4v) is 3.42. The molecule has 0 saturated heterocycles. The molecule has 0 aliphatic heterocycles. The zero-order valence-corrected chi connectivity index (χ0v) is 14.4. The van der Waals surface area contributed by atoms with Gasteiger partial charge in [-0.25, -0.2) is 0 Å². The summed E-state index contributed by atoms with van der Waals surface area (Å²) < 4.78 is 1.29. The van der Waals surface area contributed by atoms with E-state index < -0.39 is 0 Å². The summed E-state index contributed by atoms with van der Waals surface area (Å²) >= 11 is 4.20. The van der Waals surface area contributed by atoms with Gasteiger partial charge in [0.1, 0.15) is 0 Å². The van der Waals surface area contributed by atoms with E-state index in [1.165, 1.54) is 26.9 Å². The van der Waals surface area contributed by atoms with E-state index in [4.69, 9.17) is 0 Å². The summed E-state index contributed by atoms with van der Waals surface area (Å²) in [5.74, 6) is 0. The molecule has 2 rings (SSSR count). The molecule has 0 fully saturated rings. The van der Waals surface area contributed by atoms with E-state index in [1.807, 2.05) is 11.3 Å². The van der Waals surface area contributed by atoms with Crippen molar-refractivity contribution in [1.29, 1.82) is 0 Å². The van der Waals surface area contributed by atoms with E-state index in [1.54, 1.807) is 0 Å². The van der Waals surface area contributed by atoms with E-state index in [-0.39, 0.29) is 0 Å². The van der Waals surface area contributed by atoms with E-state index in [2.05, 4.69) is 83.5 Å². The number of hydrogen-bond acceptors (Lipinski definition) is 2. The highest BCUT2D eigenvalue weighted by molar-refractivity contribution is 14.1. The van der Waals surface area contributed by atoms with Gasteiger partial charge in [-0.1, -0.05) is 31.5 Å². The first-order valence-electron chi connectivity index (χ1n) is 6.75. The summed E-state index contributed by atoms with van der Waals surface area (Å²) in [6, 6.07) is 14.0. The van der Waals surface area contributed by atoms with Crippen LogP contribution in [0.5, 0.6) is 0 Å². The number of thiophene rings is 1. The minimum absolute atomic E-state index is 0.385. The van der Waals surface area contributed by atoms with Crippen LogP contribution in [0.1, 0.15) is 49.2 Å². The Balaban J connectivity index is 2.06. The second-order valence-electron chi connectivity index (χ2n) is 4.80. The van der Waals surface area contributed by atoms with Crippen molar-refractivity contribution in [2.75, 3.05) is 0 Å². The van der Waals surface area contributed by atoms with Crippen molar-refractivity contribution in [1.82, 2.24) is 5.32 Å². The minimum Gasteiger partial charge on any atom is -0.303 e. The van der Waals surface area contributed by atoms with Gasteiger partial charge in [-0.3, -0.25) is 0 Å². The summed E-state index contributed by atoms with van der Waals surface area (Å²) in [6.45, 7) is 4.50. The van der Waals surface area contributed by atoms with E-state index in [9.17, 15) is 0 Å². The SMILES string of the molecule is CCCC(NC(C)c1ccc(I)cc1)c1cccs1. The van der Waals surface area contributed by atoms with Crippen LogP contribution >= 0.6 is 33.9 Å². The third-order valence-corrected chi connectivity index (χ3v) is 4.99. The monoisotopic (exact) mass is 385 g/mol. The first-order chi connectivity index (χ1) is 9.20. The molecule has 0 spiro atoms. The van der Waals surface area contributed by atoms with Crippen LogP contribution < -0.4 is 5.32 Å². The van der Waals surface area contributed by atoms with Crippen LogP contribution in [0.2, 0.25) is 0 Å².